The lowest BCUT2D eigenvalue weighted by molar-refractivity contribution is -0.142. The highest BCUT2D eigenvalue weighted by Gasteiger charge is 2.24. The zero-order valence-corrected chi connectivity index (χ0v) is 17.4. The number of halogens is 2. The summed E-state index contributed by atoms with van der Waals surface area (Å²) in [5, 5.41) is 6.12. The molecule has 1 aromatic heterocycles. The predicted octanol–water partition coefficient (Wildman–Crippen LogP) is 4.04. The van der Waals surface area contributed by atoms with Gasteiger partial charge in [-0.3, -0.25) is 4.79 Å². The van der Waals surface area contributed by atoms with Crippen LogP contribution in [0.3, 0.4) is 0 Å². The van der Waals surface area contributed by atoms with Crippen LogP contribution in [0.2, 0.25) is 10.0 Å². The van der Waals surface area contributed by atoms with E-state index in [0.717, 1.165) is 11.3 Å². The monoisotopic (exact) mass is 444 g/mol. The Morgan fingerprint density at radius 2 is 1.63 bits per heavy atom. The molecule has 1 atom stereocenters. The number of anilines is 2. The number of amides is 1. The van der Waals surface area contributed by atoms with Gasteiger partial charge in [0.05, 0.1) is 22.7 Å². The Morgan fingerprint density at radius 3 is 2.23 bits per heavy atom. The van der Waals surface area contributed by atoms with Crippen LogP contribution in [0.15, 0.2) is 60.9 Å². The number of nitrogens with zero attached hydrogens (tertiary/aromatic N) is 2. The molecule has 0 fully saturated rings. The smallest absolute Gasteiger partial charge is 0.328 e. The maximum atomic E-state index is 12.7. The van der Waals surface area contributed by atoms with Crippen molar-refractivity contribution in [3.63, 3.8) is 0 Å². The maximum absolute atomic E-state index is 12.7. The van der Waals surface area contributed by atoms with E-state index in [1.807, 2.05) is 24.3 Å². The highest BCUT2D eigenvalue weighted by molar-refractivity contribution is 6.39. The molecule has 1 unspecified atom stereocenters. The number of hydrogen-bond donors (Lipinski definition) is 2. The van der Waals surface area contributed by atoms with Crippen molar-refractivity contribution in [1.82, 2.24) is 15.3 Å². The summed E-state index contributed by atoms with van der Waals surface area (Å²) < 4.78 is 4.84. The molecule has 1 heterocycles. The zero-order valence-electron chi connectivity index (χ0n) is 15.9. The number of hydrogen-bond acceptors (Lipinski definition) is 6. The number of rotatable bonds is 7. The summed E-state index contributed by atoms with van der Waals surface area (Å²) in [6, 6.07) is 12.9. The van der Waals surface area contributed by atoms with E-state index in [0.29, 0.717) is 5.95 Å². The minimum Gasteiger partial charge on any atom is -0.467 e. The van der Waals surface area contributed by atoms with Gasteiger partial charge in [0.25, 0.3) is 5.91 Å². The average Bonchev–Trinajstić information content (AvgIpc) is 2.74. The number of benzene rings is 2. The molecule has 2 N–H and O–H groups in total. The second-order valence-electron chi connectivity index (χ2n) is 6.24. The van der Waals surface area contributed by atoms with Crippen molar-refractivity contribution in [1.29, 1.82) is 0 Å². The lowest BCUT2D eigenvalue weighted by atomic mass is 10.0. The summed E-state index contributed by atoms with van der Waals surface area (Å²) >= 11 is 12.2. The lowest BCUT2D eigenvalue weighted by Crippen LogP contribution is -2.43. The quantitative estimate of drug-likeness (QED) is 0.534. The molecular formula is C21H18Cl2N4O3. The van der Waals surface area contributed by atoms with E-state index in [1.165, 1.54) is 7.11 Å². The summed E-state index contributed by atoms with van der Waals surface area (Å²) in [6.07, 6.45) is 3.50. The molecule has 7 nitrogen and oxygen atoms in total. The first-order valence-corrected chi connectivity index (χ1v) is 9.69. The van der Waals surface area contributed by atoms with Crippen LogP contribution in [-0.2, 0) is 16.0 Å². The molecule has 0 spiro atoms. The van der Waals surface area contributed by atoms with Gasteiger partial charge in [0.1, 0.15) is 6.04 Å². The highest BCUT2D eigenvalue weighted by Crippen LogP contribution is 2.24. The number of esters is 1. The van der Waals surface area contributed by atoms with Crippen LogP contribution in [0.1, 0.15) is 15.9 Å². The maximum Gasteiger partial charge on any atom is 0.328 e. The van der Waals surface area contributed by atoms with Gasteiger partial charge < -0.3 is 15.4 Å². The normalized spacial score (nSPS) is 11.4. The molecule has 1 amide bonds. The van der Waals surface area contributed by atoms with Crippen LogP contribution >= 0.6 is 23.2 Å². The molecule has 30 heavy (non-hydrogen) atoms. The van der Waals surface area contributed by atoms with Gasteiger partial charge >= 0.3 is 5.97 Å². The summed E-state index contributed by atoms with van der Waals surface area (Å²) in [4.78, 5) is 33.1. The number of nitrogens with one attached hydrogen (secondary N) is 2. The Kier molecular flexibility index (Phi) is 7.21. The van der Waals surface area contributed by atoms with E-state index in [1.54, 1.807) is 36.7 Å². The van der Waals surface area contributed by atoms with E-state index >= 15 is 0 Å². The van der Waals surface area contributed by atoms with Crippen molar-refractivity contribution < 1.29 is 14.3 Å². The van der Waals surface area contributed by atoms with Crippen LogP contribution in [0.4, 0.5) is 11.6 Å². The minimum atomic E-state index is -0.911. The Balaban J connectivity index is 1.72. The summed E-state index contributed by atoms with van der Waals surface area (Å²) in [5.74, 6) is -0.659. The van der Waals surface area contributed by atoms with Crippen molar-refractivity contribution in [2.75, 3.05) is 12.4 Å². The molecule has 9 heteroatoms. The molecule has 0 radical (unpaired) electrons. The molecule has 3 aromatic rings. The second kappa shape index (κ2) is 10.0. The van der Waals surface area contributed by atoms with Crippen molar-refractivity contribution in [2.45, 2.75) is 12.5 Å². The van der Waals surface area contributed by atoms with Gasteiger partial charge in [0.15, 0.2) is 0 Å². The molecule has 0 aliphatic heterocycles. The fourth-order valence-corrected chi connectivity index (χ4v) is 3.30. The second-order valence-corrected chi connectivity index (χ2v) is 7.06. The van der Waals surface area contributed by atoms with Crippen LogP contribution < -0.4 is 10.6 Å². The van der Waals surface area contributed by atoms with E-state index in [2.05, 4.69) is 20.6 Å². The van der Waals surface area contributed by atoms with Crippen molar-refractivity contribution >= 4 is 46.7 Å². The summed E-state index contributed by atoms with van der Waals surface area (Å²) in [7, 11) is 1.26. The molecule has 154 valence electrons. The first-order chi connectivity index (χ1) is 14.5. The van der Waals surface area contributed by atoms with E-state index in [-0.39, 0.29) is 22.0 Å². The average molecular weight is 445 g/mol. The van der Waals surface area contributed by atoms with Gasteiger partial charge in [-0.15, -0.1) is 0 Å². The standard InChI is InChI=1S/C21H18Cl2N4O3/c1-30-20(29)17(27-19(28)18-15(22)4-2-5-16(18)23)12-13-6-8-14(9-7-13)26-21-24-10-3-11-25-21/h2-11,17H,12H2,1H3,(H,27,28)(H,24,25,26). The number of carbonyl (C=O) groups excluding carboxylic acids is 2. The molecule has 0 aliphatic rings. The van der Waals surface area contributed by atoms with E-state index < -0.39 is 17.9 Å². The fourth-order valence-electron chi connectivity index (χ4n) is 2.73. The third-order valence-electron chi connectivity index (χ3n) is 4.20. The first-order valence-electron chi connectivity index (χ1n) is 8.93. The number of methoxy groups -OCH3 is 1. The Morgan fingerprint density at radius 1 is 1.00 bits per heavy atom. The largest absolute Gasteiger partial charge is 0.467 e. The van der Waals surface area contributed by atoms with Gasteiger partial charge in [-0.25, -0.2) is 14.8 Å². The van der Waals surface area contributed by atoms with Gasteiger partial charge in [0, 0.05) is 24.5 Å². The molecule has 0 bridgehead atoms. The van der Waals surface area contributed by atoms with E-state index in [9.17, 15) is 9.59 Å². The van der Waals surface area contributed by atoms with Crippen LogP contribution in [0.5, 0.6) is 0 Å². The van der Waals surface area contributed by atoms with E-state index in [4.69, 9.17) is 27.9 Å². The van der Waals surface area contributed by atoms with Gasteiger partial charge in [-0.2, -0.15) is 0 Å². The van der Waals surface area contributed by atoms with Crippen LogP contribution in [0, 0.1) is 0 Å². The Bertz CT molecular complexity index is 1010. The Labute approximate surface area is 183 Å². The lowest BCUT2D eigenvalue weighted by Gasteiger charge is -2.18. The topological polar surface area (TPSA) is 93.2 Å². The molecule has 0 saturated heterocycles. The van der Waals surface area contributed by atoms with Gasteiger partial charge in [0.2, 0.25) is 5.95 Å². The molecule has 0 aliphatic carbocycles. The summed E-state index contributed by atoms with van der Waals surface area (Å²) in [5.41, 5.74) is 1.71. The first kappa shape index (κ1) is 21.5. The zero-order chi connectivity index (χ0) is 21.5. The van der Waals surface area contributed by atoms with Crippen LogP contribution in [-0.4, -0.2) is 35.0 Å². The highest BCUT2D eigenvalue weighted by atomic mass is 35.5. The molecule has 3 rings (SSSR count). The molecule has 2 aromatic carbocycles. The van der Waals surface area contributed by atoms with Crippen molar-refractivity contribution in [2.24, 2.45) is 0 Å². The van der Waals surface area contributed by atoms with Gasteiger partial charge in [-0.05, 0) is 35.9 Å². The molecule has 0 saturated carbocycles. The number of ether oxygens (including phenoxy) is 1. The van der Waals surface area contributed by atoms with Crippen molar-refractivity contribution in [3.8, 4) is 0 Å². The Hall–Kier alpha value is -3.16. The third kappa shape index (κ3) is 5.46. The minimum absolute atomic E-state index is 0.108. The third-order valence-corrected chi connectivity index (χ3v) is 4.83. The SMILES string of the molecule is COC(=O)C(Cc1ccc(Nc2ncccn2)cc1)NC(=O)c1c(Cl)cccc1Cl. The van der Waals surface area contributed by atoms with Gasteiger partial charge in [-0.1, -0.05) is 41.4 Å². The van der Waals surface area contributed by atoms with Crippen molar-refractivity contribution in [3.05, 3.63) is 82.1 Å². The fraction of sp³-hybridized carbons (Fsp3) is 0.143. The van der Waals surface area contributed by atoms with Crippen LogP contribution in [0.25, 0.3) is 0 Å². The number of carbonyl (C=O) groups is 2. The predicted molar refractivity (Wildman–Crippen MR) is 115 cm³/mol. The number of aromatic nitrogens is 2. The molecular weight excluding hydrogens is 427 g/mol. The summed E-state index contributed by atoms with van der Waals surface area (Å²) in [6.45, 7) is 0.